The van der Waals surface area contributed by atoms with Gasteiger partial charge in [0.25, 0.3) is 0 Å². The minimum absolute atomic E-state index is 0.661. The molecule has 5 nitrogen and oxygen atoms in total. The molecule has 0 amide bonds. The Morgan fingerprint density at radius 1 is 1.15 bits per heavy atom. The molecule has 0 saturated heterocycles. The molecule has 0 spiro atoms. The Kier molecular flexibility index (Phi) is 4.98. The van der Waals surface area contributed by atoms with E-state index in [0.717, 1.165) is 48.9 Å². The van der Waals surface area contributed by atoms with Gasteiger partial charge in [0, 0.05) is 31.5 Å². The maximum Gasteiger partial charge on any atom is 0.150 e. The van der Waals surface area contributed by atoms with E-state index < -0.39 is 0 Å². The third kappa shape index (κ3) is 3.73. The van der Waals surface area contributed by atoms with Crippen molar-refractivity contribution in [3.8, 4) is 5.75 Å². The summed E-state index contributed by atoms with van der Waals surface area (Å²) < 4.78 is 7.66. The maximum absolute atomic E-state index is 5.67. The van der Waals surface area contributed by atoms with Crippen LogP contribution in [0.3, 0.4) is 0 Å². The molecule has 5 heteroatoms. The Morgan fingerprint density at radius 2 is 1.90 bits per heavy atom. The fourth-order valence-corrected chi connectivity index (χ4v) is 1.98. The first kappa shape index (κ1) is 14.4. The first-order valence-corrected chi connectivity index (χ1v) is 7.13. The van der Waals surface area contributed by atoms with E-state index >= 15 is 0 Å². The molecule has 1 aromatic carbocycles. The molecule has 0 fully saturated rings. The normalized spacial score (nSPS) is 10.7. The van der Waals surface area contributed by atoms with Gasteiger partial charge >= 0.3 is 0 Å². The van der Waals surface area contributed by atoms with E-state index in [2.05, 4.69) is 23.9 Å². The molecule has 0 bridgehead atoms. The lowest BCUT2D eigenvalue weighted by molar-refractivity contribution is 0.297. The van der Waals surface area contributed by atoms with Crippen molar-refractivity contribution in [1.29, 1.82) is 0 Å². The van der Waals surface area contributed by atoms with Gasteiger partial charge in [-0.15, -0.1) is 0 Å². The predicted octanol–water partition coefficient (Wildman–Crippen LogP) is 2.45. The lowest BCUT2D eigenvalue weighted by Crippen LogP contribution is -2.09. The highest BCUT2D eigenvalue weighted by atomic mass is 16.5. The minimum atomic E-state index is 0.661. The van der Waals surface area contributed by atoms with E-state index in [1.165, 1.54) is 0 Å². The van der Waals surface area contributed by atoms with Crippen LogP contribution in [0.1, 0.15) is 31.9 Å². The topological polar surface area (TPSA) is 66.0 Å². The predicted molar refractivity (Wildman–Crippen MR) is 79.7 cm³/mol. The van der Waals surface area contributed by atoms with Crippen LogP contribution in [0.4, 0.5) is 5.69 Å². The van der Waals surface area contributed by atoms with Crippen molar-refractivity contribution in [2.24, 2.45) is 0 Å². The van der Waals surface area contributed by atoms with E-state index in [-0.39, 0.29) is 0 Å². The summed E-state index contributed by atoms with van der Waals surface area (Å²) in [6, 6.07) is 7.46. The summed E-state index contributed by atoms with van der Waals surface area (Å²) in [7, 11) is 0. The molecule has 0 aliphatic carbocycles. The van der Waals surface area contributed by atoms with Crippen LogP contribution < -0.4 is 10.5 Å². The van der Waals surface area contributed by atoms with Gasteiger partial charge < -0.3 is 10.5 Å². The van der Waals surface area contributed by atoms with Gasteiger partial charge in [-0.25, -0.2) is 9.67 Å². The summed E-state index contributed by atoms with van der Waals surface area (Å²) in [5, 5.41) is 4.49. The average Bonchev–Trinajstić information content (AvgIpc) is 2.88. The molecule has 0 radical (unpaired) electrons. The zero-order valence-electron chi connectivity index (χ0n) is 12.2. The molecule has 2 N–H and O–H groups in total. The summed E-state index contributed by atoms with van der Waals surface area (Å²) in [6.07, 6.45) is 2.69. The maximum atomic E-state index is 5.67. The molecule has 2 aromatic rings. The Morgan fingerprint density at radius 3 is 2.55 bits per heavy atom. The fraction of sp³-hybridized carbons (Fsp3) is 0.467. The number of hydrogen-bond donors (Lipinski definition) is 1. The largest absolute Gasteiger partial charge is 0.494 e. The molecule has 1 heterocycles. The number of nitrogens with zero attached hydrogens (tertiary/aromatic N) is 3. The van der Waals surface area contributed by atoms with Crippen molar-refractivity contribution in [3.05, 3.63) is 35.9 Å². The molecular formula is C15H22N4O. The number of anilines is 1. The molecule has 1 aromatic heterocycles. The second-order valence-electron chi connectivity index (χ2n) is 4.65. The SMILES string of the molecule is CCc1nc(CC)n(CCCOc2ccc(N)cc2)n1. The quantitative estimate of drug-likeness (QED) is 0.622. The second-order valence-corrected chi connectivity index (χ2v) is 4.65. The molecule has 20 heavy (non-hydrogen) atoms. The van der Waals surface area contributed by atoms with Crippen LogP contribution in [-0.2, 0) is 19.4 Å². The van der Waals surface area contributed by atoms with Gasteiger partial charge in [0.2, 0.25) is 0 Å². The summed E-state index contributed by atoms with van der Waals surface area (Å²) in [5.41, 5.74) is 6.38. The van der Waals surface area contributed by atoms with Crippen LogP contribution in [0.2, 0.25) is 0 Å². The van der Waals surface area contributed by atoms with E-state index in [4.69, 9.17) is 10.5 Å². The molecular weight excluding hydrogens is 252 g/mol. The number of aryl methyl sites for hydroxylation is 3. The van der Waals surface area contributed by atoms with Crippen molar-refractivity contribution in [2.45, 2.75) is 39.7 Å². The van der Waals surface area contributed by atoms with E-state index in [0.29, 0.717) is 6.61 Å². The summed E-state index contributed by atoms with van der Waals surface area (Å²) in [6.45, 7) is 5.67. The molecule has 108 valence electrons. The van der Waals surface area contributed by atoms with Crippen LogP contribution in [0.25, 0.3) is 0 Å². The number of hydrogen-bond acceptors (Lipinski definition) is 4. The fourth-order valence-electron chi connectivity index (χ4n) is 1.98. The molecule has 0 aliphatic rings. The monoisotopic (exact) mass is 274 g/mol. The van der Waals surface area contributed by atoms with Crippen LogP contribution >= 0.6 is 0 Å². The highest BCUT2D eigenvalue weighted by Crippen LogP contribution is 2.13. The summed E-state index contributed by atoms with van der Waals surface area (Å²) in [5.74, 6) is 2.82. The lowest BCUT2D eigenvalue weighted by Gasteiger charge is -2.07. The van der Waals surface area contributed by atoms with Gasteiger partial charge in [-0.3, -0.25) is 0 Å². The average molecular weight is 274 g/mol. The second kappa shape index (κ2) is 6.93. The van der Waals surface area contributed by atoms with Crippen molar-refractivity contribution in [1.82, 2.24) is 14.8 Å². The van der Waals surface area contributed by atoms with Gasteiger partial charge in [-0.1, -0.05) is 13.8 Å². The Bertz CT molecular complexity index is 533. The Labute approximate surface area is 119 Å². The first-order valence-electron chi connectivity index (χ1n) is 7.13. The number of aromatic nitrogens is 3. The van der Waals surface area contributed by atoms with Gasteiger partial charge in [-0.05, 0) is 24.3 Å². The van der Waals surface area contributed by atoms with Crippen molar-refractivity contribution >= 4 is 5.69 Å². The van der Waals surface area contributed by atoms with Crippen molar-refractivity contribution < 1.29 is 4.74 Å². The lowest BCUT2D eigenvalue weighted by atomic mass is 10.3. The molecule has 0 aliphatic heterocycles. The summed E-state index contributed by atoms with van der Waals surface area (Å²) >= 11 is 0. The standard InChI is InChI=1S/C15H22N4O/c1-3-14-17-15(4-2)19(18-14)10-5-11-20-13-8-6-12(16)7-9-13/h6-9H,3-5,10-11,16H2,1-2H3. The van der Waals surface area contributed by atoms with E-state index in [1.54, 1.807) is 0 Å². The molecule has 2 rings (SSSR count). The van der Waals surface area contributed by atoms with Gasteiger partial charge in [0.15, 0.2) is 5.82 Å². The zero-order chi connectivity index (χ0) is 14.4. The number of nitrogens with two attached hydrogens (primary N) is 1. The van der Waals surface area contributed by atoms with E-state index in [9.17, 15) is 0 Å². The molecule has 0 unspecified atom stereocenters. The summed E-state index contributed by atoms with van der Waals surface area (Å²) in [4.78, 5) is 4.49. The highest BCUT2D eigenvalue weighted by Gasteiger charge is 2.06. The van der Waals surface area contributed by atoms with E-state index in [1.807, 2.05) is 28.9 Å². The molecule has 0 saturated carbocycles. The highest BCUT2D eigenvalue weighted by molar-refractivity contribution is 5.41. The number of nitrogen functional groups attached to an aromatic ring is 1. The third-order valence-electron chi connectivity index (χ3n) is 3.09. The van der Waals surface area contributed by atoms with Gasteiger partial charge in [-0.2, -0.15) is 5.10 Å². The van der Waals surface area contributed by atoms with Crippen molar-refractivity contribution in [2.75, 3.05) is 12.3 Å². The van der Waals surface area contributed by atoms with Gasteiger partial charge in [0.1, 0.15) is 11.6 Å². The smallest absolute Gasteiger partial charge is 0.150 e. The van der Waals surface area contributed by atoms with Crippen molar-refractivity contribution in [3.63, 3.8) is 0 Å². The minimum Gasteiger partial charge on any atom is -0.494 e. The Hall–Kier alpha value is -2.04. The van der Waals surface area contributed by atoms with Gasteiger partial charge in [0.05, 0.1) is 6.61 Å². The zero-order valence-corrected chi connectivity index (χ0v) is 12.2. The molecule has 0 atom stereocenters. The number of benzene rings is 1. The van der Waals surface area contributed by atoms with Crippen LogP contribution in [-0.4, -0.2) is 21.4 Å². The van der Waals surface area contributed by atoms with Crippen LogP contribution in [0, 0.1) is 0 Å². The van der Waals surface area contributed by atoms with Crippen LogP contribution in [0.15, 0.2) is 24.3 Å². The number of rotatable bonds is 7. The number of ether oxygens (including phenoxy) is 1. The third-order valence-corrected chi connectivity index (χ3v) is 3.09. The first-order chi connectivity index (χ1) is 9.72. The Balaban J connectivity index is 1.81. The van der Waals surface area contributed by atoms with Crippen LogP contribution in [0.5, 0.6) is 5.75 Å².